The largest absolute Gasteiger partial charge is 0.302 e. The highest BCUT2D eigenvalue weighted by atomic mass is 15.1. The second-order valence-electron chi connectivity index (χ2n) is 14.5. The molecule has 0 saturated heterocycles. The second-order valence-corrected chi connectivity index (χ2v) is 14.5. The number of benzene rings is 1. The van der Waals surface area contributed by atoms with Crippen molar-refractivity contribution in [2.24, 2.45) is 0 Å². The van der Waals surface area contributed by atoms with Crippen molar-refractivity contribution in [2.45, 2.75) is 226 Å². The minimum Gasteiger partial charge on any atom is -0.302 e. The summed E-state index contributed by atoms with van der Waals surface area (Å²) in [5.41, 5.74) is 3.05. The molecule has 0 aliphatic heterocycles. The van der Waals surface area contributed by atoms with Crippen LogP contribution in [-0.2, 0) is 0 Å². The number of para-hydroxylation sites is 1. The SMILES string of the molecule is CCCCCCCCCCCCCCCCCC[NH+](CCCCCCCCCCCCCCCCCC)c1ccccc1C. The van der Waals surface area contributed by atoms with Crippen LogP contribution in [0.4, 0.5) is 5.69 Å². The van der Waals surface area contributed by atoms with Crippen LogP contribution in [-0.4, -0.2) is 13.1 Å². The van der Waals surface area contributed by atoms with Crippen molar-refractivity contribution in [3.63, 3.8) is 0 Å². The van der Waals surface area contributed by atoms with Gasteiger partial charge < -0.3 is 4.90 Å². The fourth-order valence-corrected chi connectivity index (χ4v) is 7.14. The Hall–Kier alpha value is -0.820. The van der Waals surface area contributed by atoms with Crippen LogP contribution < -0.4 is 4.90 Å². The van der Waals surface area contributed by atoms with E-state index < -0.39 is 0 Å². The predicted molar refractivity (Wildman–Crippen MR) is 201 cm³/mol. The topological polar surface area (TPSA) is 4.44 Å². The molecule has 0 aliphatic carbocycles. The maximum absolute atomic E-state index is 2.39. The summed E-state index contributed by atoms with van der Waals surface area (Å²) in [5.74, 6) is 0. The molecular formula is C43H82N+. The quantitative estimate of drug-likeness (QED) is 0.0727. The zero-order chi connectivity index (χ0) is 31.6. The highest BCUT2D eigenvalue weighted by molar-refractivity contribution is 5.38. The summed E-state index contributed by atoms with van der Waals surface area (Å²) in [7, 11) is 0. The molecule has 0 saturated carbocycles. The normalized spacial score (nSPS) is 11.6. The minimum atomic E-state index is 1.32. The van der Waals surface area contributed by atoms with Gasteiger partial charge in [-0.1, -0.05) is 212 Å². The van der Waals surface area contributed by atoms with Crippen LogP contribution in [0.2, 0.25) is 0 Å². The number of unbranched alkanes of at least 4 members (excludes halogenated alkanes) is 30. The van der Waals surface area contributed by atoms with Crippen molar-refractivity contribution >= 4 is 5.69 Å². The molecule has 0 heterocycles. The van der Waals surface area contributed by atoms with Crippen LogP contribution in [0.3, 0.4) is 0 Å². The van der Waals surface area contributed by atoms with Gasteiger partial charge in [-0.3, -0.25) is 0 Å². The Morgan fingerprint density at radius 2 is 0.591 bits per heavy atom. The van der Waals surface area contributed by atoms with Crippen molar-refractivity contribution in [2.75, 3.05) is 13.1 Å². The van der Waals surface area contributed by atoms with Gasteiger partial charge in [-0.25, -0.2) is 0 Å². The van der Waals surface area contributed by atoms with Crippen molar-refractivity contribution < 1.29 is 4.90 Å². The number of nitrogens with one attached hydrogen (secondary N) is 1. The van der Waals surface area contributed by atoms with E-state index >= 15 is 0 Å². The van der Waals surface area contributed by atoms with Gasteiger partial charge in [0.2, 0.25) is 0 Å². The lowest BCUT2D eigenvalue weighted by Gasteiger charge is -2.21. The van der Waals surface area contributed by atoms with Crippen LogP contribution in [0.5, 0.6) is 0 Å². The first kappa shape index (κ1) is 41.2. The summed E-state index contributed by atoms with van der Waals surface area (Å²) < 4.78 is 0. The Kier molecular flexibility index (Phi) is 31.4. The Bertz CT molecular complexity index is 645. The van der Waals surface area contributed by atoms with Gasteiger partial charge in [0.05, 0.1) is 13.1 Å². The maximum Gasteiger partial charge on any atom is 0.134 e. The Balaban J connectivity index is 2.02. The molecule has 0 amide bonds. The molecule has 0 spiro atoms. The molecule has 0 bridgehead atoms. The monoisotopic (exact) mass is 613 g/mol. The predicted octanol–water partition coefficient (Wildman–Crippen LogP) is 14.0. The summed E-state index contributed by atoms with van der Waals surface area (Å²) >= 11 is 0. The van der Waals surface area contributed by atoms with E-state index in [4.69, 9.17) is 0 Å². The minimum absolute atomic E-state index is 1.32. The number of hydrogen-bond acceptors (Lipinski definition) is 0. The van der Waals surface area contributed by atoms with Gasteiger partial charge >= 0.3 is 0 Å². The van der Waals surface area contributed by atoms with Gasteiger partial charge in [0.25, 0.3) is 0 Å². The van der Waals surface area contributed by atoms with Crippen molar-refractivity contribution in [3.8, 4) is 0 Å². The zero-order valence-electron chi connectivity index (χ0n) is 30.9. The molecule has 1 rings (SSSR count). The van der Waals surface area contributed by atoms with Crippen LogP contribution in [0, 0.1) is 6.92 Å². The lowest BCUT2D eigenvalue weighted by atomic mass is 10.0. The van der Waals surface area contributed by atoms with E-state index in [1.54, 1.807) is 10.6 Å². The van der Waals surface area contributed by atoms with E-state index in [0.29, 0.717) is 0 Å². The molecule has 44 heavy (non-hydrogen) atoms. The first-order valence-electron chi connectivity index (χ1n) is 20.7. The summed E-state index contributed by atoms with van der Waals surface area (Å²) in [6.45, 7) is 9.58. The van der Waals surface area contributed by atoms with Crippen LogP contribution >= 0.6 is 0 Å². The fourth-order valence-electron chi connectivity index (χ4n) is 7.14. The number of rotatable bonds is 35. The van der Waals surface area contributed by atoms with Crippen LogP contribution in [0.1, 0.15) is 225 Å². The van der Waals surface area contributed by atoms with E-state index in [-0.39, 0.29) is 0 Å². The molecule has 0 aliphatic rings. The molecule has 1 aromatic carbocycles. The molecule has 258 valence electrons. The summed E-state index contributed by atoms with van der Waals surface area (Å²) in [6, 6.07) is 9.17. The molecule has 0 aromatic heterocycles. The van der Waals surface area contributed by atoms with Gasteiger partial charge in [-0.2, -0.15) is 0 Å². The van der Waals surface area contributed by atoms with Gasteiger partial charge in [-0.15, -0.1) is 0 Å². The lowest BCUT2D eigenvalue weighted by molar-refractivity contribution is -0.833. The molecule has 1 heteroatoms. The summed E-state index contributed by atoms with van der Waals surface area (Å²) in [5, 5.41) is 0. The first-order chi connectivity index (χ1) is 21.8. The van der Waals surface area contributed by atoms with E-state index in [0.717, 1.165) is 0 Å². The molecule has 0 fully saturated rings. The first-order valence-corrected chi connectivity index (χ1v) is 20.7. The van der Waals surface area contributed by atoms with E-state index in [1.165, 1.54) is 224 Å². The van der Waals surface area contributed by atoms with Gasteiger partial charge in [0.1, 0.15) is 5.69 Å². The van der Waals surface area contributed by atoms with Gasteiger partial charge in [-0.05, 0) is 38.7 Å². The molecule has 1 N–H and O–H groups in total. The highest BCUT2D eigenvalue weighted by Crippen LogP contribution is 2.16. The smallest absolute Gasteiger partial charge is 0.134 e. The molecule has 0 radical (unpaired) electrons. The average Bonchev–Trinajstić information content (AvgIpc) is 3.03. The number of quaternary nitrogens is 1. The second kappa shape index (κ2) is 33.5. The zero-order valence-corrected chi connectivity index (χ0v) is 30.9. The summed E-state index contributed by atoms with van der Waals surface area (Å²) in [4.78, 5) is 1.75. The molecular weight excluding hydrogens is 530 g/mol. The van der Waals surface area contributed by atoms with Crippen molar-refractivity contribution in [1.29, 1.82) is 0 Å². The summed E-state index contributed by atoms with van der Waals surface area (Å²) in [6.07, 6.45) is 46.5. The van der Waals surface area contributed by atoms with Gasteiger partial charge in [0.15, 0.2) is 0 Å². The van der Waals surface area contributed by atoms with E-state index in [9.17, 15) is 0 Å². The van der Waals surface area contributed by atoms with Crippen molar-refractivity contribution in [1.82, 2.24) is 0 Å². The van der Waals surface area contributed by atoms with Gasteiger partial charge in [0, 0.05) is 5.56 Å². The number of aryl methyl sites for hydroxylation is 1. The van der Waals surface area contributed by atoms with Crippen LogP contribution in [0.25, 0.3) is 0 Å². The molecule has 1 nitrogen and oxygen atoms in total. The van der Waals surface area contributed by atoms with E-state index in [1.807, 2.05) is 0 Å². The maximum atomic E-state index is 2.39. The number of hydrogen-bond donors (Lipinski definition) is 1. The average molecular weight is 613 g/mol. The lowest BCUT2D eigenvalue weighted by Crippen LogP contribution is -3.07. The molecule has 0 atom stereocenters. The molecule has 1 aromatic rings. The van der Waals surface area contributed by atoms with Crippen LogP contribution in [0.15, 0.2) is 24.3 Å². The fraction of sp³-hybridized carbons (Fsp3) is 0.860. The third kappa shape index (κ3) is 26.4. The Morgan fingerprint density at radius 3 is 0.864 bits per heavy atom. The molecule has 0 unspecified atom stereocenters. The Morgan fingerprint density at radius 1 is 0.341 bits per heavy atom. The third-order valence-electron chi connectivity index (χ3n) is 10.2. The third-order valence-corrected chi connectivity index (χ3v) is 10.2. The highest BCUT2D eigenvalue weighted by Gasteiger charge is 2.14. The standard InChI is InChI=1S/C43H81N/c1-4-6-8-10-12-14-16-18-20-22-24-26-28-30-32-36-40-44(43-39-35-34-38-42(43)3)41-37-33-31-29-27-25-23-21-19-17-15-13-11-9-7-5-2/h34-35,38-39H,4-33,36-37,40-41H2,1-3H3/p+1. The Labute approximate surface area is 279 Å². The van der Waals surface area contributed by atoms with Crippen molar-refractivity contribution in [3.05, 3.63) is 29.8 Å². The van der Waals surface area contributed by atoms with E-state index in [2.05, 4.69) is 45.0 Å².